The quantitative estimate of drug-likeness (QED) is 0.269. The lowest BCUT2D eigenvalue weighted by Crippen LogP contribution is -1.92. The summed E-state index contributed by atoms with van der Waals surface area (Å²) in [4.78, 5) is 0. The molecule has 0 fully saturated rings. The number of hydrogen-bond acceptors (Lipinski definition) is 2. The minimum absolute atomic E-state index is 0.753. The number of nitrogen functional groups attached to an aromatic ring is 1. The van der Waals surface area contributed by atoms with Crippen molar-refractivity contribution < 1.29 is 0 Å². The maximum Gasteiger partial charge on any atom is 0.0404 e. The maximum atomic E-state index is 5.89. The first-order valence-electron chi connectivity index (χ1n) is 9.41. The molecule has 0 atom stereocenters. The summed E-state index contributed by atoms with van der Waals surface area (Å²) in [7, 11) is 0. The number of rotatable bonds is 3. The molecule has 0 radical (unpaired) electrons. The number of hydrogen-bond donors (Lipinski definition) is 2. The summed E-state index contributed by atoms with van der Waals surface area (Å²) < 4.78 is 0. The zero-order chi connectivity index (χ0) is 18.9. The Bertz CT molecular complexity index is 1300. The molecule has 0 bridgehead atoms. The van der Waals surface area contributed by atoms with Crippen molar-refractivity contribution in [3.63, 3.8) is 0 Å². The van der Waals surface area contributed by atoms with Gasteiger partial charge in [-0.15, -0.1) is 0 Å². The van der Waals surface area contributed by atoms with Gasteiger partial charge >= 0.3 is 0 Å². The lowest BCUT2D eigenvalue weighted by atomic mass is 9.97. The van der Waals surface area contributed by atoms with Gasteiger partial charge in [-0.25, -0.2) is 0 Å². The van der Waals surface area contributed by atoms with Gasteiger partial charge in [-0.2, -0.15) is 0 Å². The van der Waals surface area contributed by atoms with Crippen molar-refractivity contribution >= 4 is 38.6 Å². The molecule has 5 aromatic carbocycles. The number of nitrogens with one attached hydrogen (secondary N) is 1. The van der Waals surface area contributed by atoms with Gasteiger partial charge in [0.2, 0.25) is 0 Å². The van der Waals surface area contributed by atoms with Crippen LogP contribution in [0.3, 0.4) is 0 Å². The Labute approximate surface area is 164 Å². The molecule has 0 aromatic heterocycles. The summed E-state index contributed by atoms with van der Waals surface area (Å²) in [6, 6.07) is 35.9. The minimum Gasteiger partial charge on any atom is -0.399 e. The third kappa shape index (κ3) is 3.06. The highest BCUT2D eigenvalue weighted by atomic mass is 14.9. The highest BCUT2D eigenvalue weighted by Crippen LogP contribution is 2.31. The zero-order valence-corrected chi connectivity index (χ0v) is 15.4. The topological polar surface area (TPSA) is 38.0 Å². The molecule has 134 valence electrons. The first kappa shape index (κ1) is 16.4. The molecular weight excluding hydrogens is 340 g/mol. The molecule has 5 aromatic rings. The van der Waals surface area contributed by atoms with E-state index in [1.807, 2.05) is 24.3 Å². The van der Waals surface area contributed by atoms with E-state index in [1.54, 1.807) is 0 Å². The molecule has 28 heavy (non-hydrogen) atoms. The van der Waals surface area contributed by atoms with Gasteiger partial charge in [0.15, 0.2) is 0 Å². The molecule has 0 saturated carbocycles. The van der Waals surface area contributed by atoms with Crippen LogP contribution in [0.2, 0.25) is 0 Å². The molecule has 0 amide bonds. The molecular formula is C26H20N2. The van der Waals surface area contributed by atoms with E-state index in [2.05, 4.69) is 84.2 Å². The minimum atomic E-state index is 0.753. The lowest BCUT2D eigenvalue weighted by molar-refractivity contribution is 1.54. The van der Waals surface area contributed by atoms with Gasteiger partial charge in [-0.3, -0.25) is 0 Å². The average Bonchev–Trinajstić information content (AvgIpc) is 2.73. The van der Waals surface area contributed by atoms with E-state index in [-0.39, 0.29) is 0 Å². The van der Waals surface area contributed by atoms with Crippen LogP contribution < -0.4 is 11.1 Å². The van der Waals surface area contributed by atoms with Crippen molar-refractivity contribution in [3.8, 4) is 11.1 Å². The van der Waals surface area contributed by atoms with E-state index in [1.165, 1.54) is 32.7 Å². The molecule has 0 spiro atoms. The average molecular weight is 360 g/mol. The molecule has 0 unspecified atom stereocenters. The van der Waals surface area contributed by atoms with E-state index >= 15 is 0 Å². The Morgan fingerprint density at radius 1 is 0.500 bits per heavy atom. The van der Waals surface area contributed by atoms with E-state index in [0.29, 0.717) is 0 Å². The fourth-order valence-corrected chi connectivity index (χ4v) is 3.75. The van der Waals surface area contributed by atoms with E-state index < -0.39 is 0 Å². The summed E-state index contributed by atoms with van der Waals surface area (Å²) in [6.07, 6.45) is 0. The Balaban J connectivity index is 1.53. The molecule has 2 heteroatoms. The smallest absolute Gasteiger partial charge is 0.0404 e. The Kier molecular flexibility index (Phi) is 3.95. The van der Waals surface area contributed by atoms with Gasteiger partial charge in [-0.05, 0) is 69.1 Å². The van der Waals surface area contributed by atoms with Crippen LogP contribution >= 0.6 is 0 Å². The van der Waals surface area contributed by atoms with E-state index in [9.17, 15) is 0 Å². The van der Waals surface area contributed by atoms with Crippen LogP contribution in [0.25, 0.3) is 32.7 Å². The predicted octanol–water partition coefficient (Wildman–Crippen LogP) is 6.99. The van der Waals surface area contributed by atoms with E-state index in [4.69, 9.17) is 5.73 Å². The fraction of sp³-hybridized carbons (Fsp3) is 0. The summed E-state index contributed by atoms with van der Waals surface area (Å²) in [5, 5.41) is 8.55. The molecule has 0 heterocycles. The van der Waals surface area contributed by atoms with E-state index in [0.717, 1.165) is 17.1 Å². The molecule has 0 saturated heterocycles. The van der Waals surface area contributed by atoms with Gasteiger partial charge in [0.25, 0.3) is 0 Å². The number of fused-ring (bicyclic) bond motifs is 3. The van der Waals surface area contributed by atoms with Crippen LogP contribution in [0.1, 0.15) is 0 Å². The summed E-state index contributed by atoms with van der Waals surface area (Å²) >= 11 is 0. The first-order valence-corrected chi connectivity index (χ1v) is 9.41. The Morgan fingerprint density at radius 2 is 1.21 bits per heavy atom. The Hall–Kier alpha value is -3.78. The molecule has 2 nitrogen and oxygen atoms in total. The van der Waals surface area contributed by atoms with Gasteiger partial charge < -0.3 is 11.1 Å². The number of anilines is 3. The largest absolute Gasteiger partial charge is 0.399 e. The predicted molar refractivity (Wildman–Crippen MR) is 121 cm³/mol. The van der Waals surface area contributed by atoms with Crippen molar-refractivity contribution in [2.75, 3.05) is 11.1 Å². The highest BCUT2D eigenvalue weighted by Gasteiger charge is 2.04. The second kappa shape index (κ2) is 6.75. The summed E-state index contributed by atoms with van der Waals surface area (Å²) in [5.74, 6) is 0. The molecule has 0 aliphatic rings. The molecule has 0 aliphatic carbocycles. The summed E-state index contributed by atoms with van der Waals surface area (Å²) in [5.41, 5.74) is 11.1. The van der Waals surface area contributed by atoms with Crippen molar-refractivity contribution in [3.05, 3.63) is 103 Å². The van der Waals surface area contributed by atoms with Crippen LogP contribution in [0, 0.1) is 0 Å². The van der Waals surface area contributed by atoms with Crippen molar-refractivity contribution in [1.29, 1.82) is 0 Å². The molecule has 0 aliphatic heterocycles. The lowest BCUT2D eigenvalue weighted by Gasteiger charge is -2.11. The van der Waals surface area contributed by atoms with Crippen molar-refractivity contribution in [2.24, 2.45) is 0 Å². The van der Waals surface area contributed by atoms with Gasteiger partial charge in [0.1, 0.15) is 0 Å². The standard InChI is InChI=1S/C26H20N2/c27-22-7-4-9-24(17-22)28-23-8-3-6-19(16-23)20-13-14-26-21(15-20)12-11-18-5-1-2-10-25(18)26/h1-17,28H,27H2. The van der Waals surface area contributed by atoms with Gasteiger partial charge in [0, 0.05) is 17.1 Å². The first-order chi connectivity index (χ1) is 13.8. The second-order valence-corrected chi connectivity index (χ2v) is 7.05. The van der Waals surface area contributed by atoms with Crippen LogP contribution in [0.15, 0.2) is 103 Å². The van der Waals surface area contributed by atoms with Crippen LogP contribution in [-0.4, -0.2) is 0 Å². The van der Waals surface area contributed by atoms with Crippen LogP contribution in [0.5, 0.6) is 0 Å². The SMILES string of the molecule is Nc1cccc(Nc2cccc(-c3ccc4c(ccc5ccccc54)c3)c2)c1. The normalized spacial score (nSPS) is 11.0. The number of benzene rings is 5. The molecule has 5 rings (SSSR count). The zero-order valence-electron chi connectivity index (χ0n) is 15.4. The second-order valence-electron chi connectivity index (χ2n) is 7.05. The number of nitrogens with two attached hydrogens (primary N) is 1. The maximum absolute atomic E-state index is 5.89. The van der Waals surface area contributed by atoms with Crippen LogP contribution in [0.4, 0.5) is 17.1 Å². The van der Waals surface area contributed by atoms with Gasteiger partial charge in [-0.1, -0.05) is 66.7 Å². The van der Waals surface area contributed by atoms with Gasteiger partial charge in [0.05, 0.1) is 0 Å². The highest BCUT2D eigenvalue weighted by molar-refractivity contribution is 6.08. The third-order valence-corrected chi connectivity index (χ3v) is 5.12. The fourth-order valence-electron chi connectivity index (χ4n) is 3.75. The van der Waals surface area contributed by atoms with Crippen molar-refractivity contribution in [2.45, 2.75) is 0 Å². The third-order valence-electron chi connectivity index (χ3n) is 5.12. The monoisotopic (exact) mass is 360 g/mol. The Morgan fingerprint density at radius 3 is 2.11 bits per heavy atom. The molecule has 3 N–H and O–H groups in total. The van der Waals surface area contributed by atoms with Crippen molar-refractivity contribution in [1.82, 2.24) is 0 Å². The summed E-state index contributed by atoms with van der Waals surface area (Å²) in [6.45, 7) is 0. The van der Waals surface area contributed by atoms with Crippen LogP contribution in [-0.2, 0) is 0 Å².